The average molecular weight is 318 g/mol. The second kappa shape index (κ2) is 6.28. The fraction of sp³-hybridized carbons (Fsp3) is 0.286. The number of imidazole rings is 1. The lowest BCUT2D eigenvalue weighted by Gasteiger charge is -2.07. The summed E-state index contributed by atoms with van der Waals surface area (Å²) in [4.78, 5) is 12.2. The number of hydrogen-bond acceptors (Lipinski definition) is 5. The van der Waals surface area contributed by atoms with Gasteiger partial charge in [0.2, 0.25) is 5.71 Å². The van der Waals surface area contributed by atoms with Gasteiger partial charge in [-0.25, -0.2) is 9.36 Å². The summed E-state index contributed by atoms with van der Waals surface area (Å²) in [5, 5.41) is 20.7. The first-order valence-corrected chi connectivity index (χ1v) is 6.59. The predicted octanol–water partition coefficient (Wildman–Crippen LogP) is 2.59. The van der Waals surface area contributed by atoms with Crippen LogP contribution in [0.4, 0.5) is 14.5 Å². The summed E-state index contributed by atoms with van der Waals surface area (Å²) in [5.74, 6) is 0. The van der Waals surface area contributed by atoms with Crippen LogP contribution in [0.3, 0.4) is 0 Å². The van der Waals surface area contributed by atoms with E-state index in [1.165, 1.54) is 22.8 Å². The van der Waals surface area contributed by atoms with Crippen molar-refractivity contribution >= 4 is 22.4 Å². The Labute approximate surface area is 129 Å². The monoisotopic (exact) mass is 318 g/mol. The van der Waals surface area contributed by atoms with Crippen LogP contribution >= 0.6 is 0 Å². The van der Waals surface area contributed by atoms with E-state index in [0.29, 0.717) is 10.1 Å². The Kier molecular flexibility index (Phi) is 4.42. The number of fused-ring (bicyclic) bond motifs is 1. The van der Waals surface area contributed by atoms with Crippen LogP contribution in [0.1, 0.15) is 26.4 Å². The van der Waals surface area contributed by atoms with Gasteiger partial charge in [0, 0.05) is 6.04 Å². The van der Waals surface area contributed by atoms with Crippen LogP contribution < -0.4 is 11.1 Å². The lowest BCUT2D eigenvalue weighted by atomic mass is 10.2. The van der Waals surface area contributed by atoms with Gasteiger partial charge >= 0.3 is 12.2 Å². The molecule has 1 aromatic heterocycles. The normalized spacial score (nSPS) is 10.6. The maximum atomic E-state index is 13.2. The second-order valence-corrected chi connectivity index (χ2v) is 4.89. The molecule has 118 valence electrons. The van der Waals surface area contributed by atoms with Crippen LogP contribution in [-0.4, -0.2) is 14.8 Å². The molecule has 7 nitrogen and oxygen atoms in total. The molecule has 0 saturated carbocycles. The van der Waals surface area contributed by atoms with E-state index < -0.39 is 18.0 Å². The molecule has 9 heteroatoms. The van der Waals surface area contributed by atoms with Crippen LogP contribution in [0.25, 0.3) is 11.0 Å². The topological polar surface area (TPSA) is 98.9 Å². The fourth-order valence-corrected chi connectivity index (χ4v) is 2.19. The molecule has 2 rings (SSSR count). The molecule has 0 aliphatic carbocycles. The first-order chi connectivity index (χ1) is 10.9. The molecule has 0 amide bonds. The molecule has 0 aliphatic rings. The molecule has 0 atom stereocenters. The zero-order valence-corrected chi connectivity index (χ0v) is 12.3. The number of nitrogens with zero attached hydrogens (tertiary/aromatic N) is 5. The maximum absolute atomic E-state index is 13.2. The van der Waals surface area contributed by atoms with Crippen molar-refractivity contribution in [1.29, 1.82) is 10.5 Å². The Hall–Kier alpha value is -3.20. The largest absolute Gasteiger partial charge is 0.333 e. The number of hydrazone groups is 1. The number of hydrogen-bond donors (Lipinski definition) is 1. The van der Waals surface area contributed by atoms with Gasteiger partial charge in [0.05, 0.1) is 16.7 Å². The van der Waals surface area contributed by atoms with Gasteiger partial charge < -0.3 is 0 Å². The highest BCUT2D eigenvalue weighted by molar-refractivity contribution is 6.10. The summed E-state index contributed by atoms with van der Waals surface area (Å²) in [5.41, 5.74) is 1.90. The molecule has 2 aromatic rings. The molecule has 1 aromatic carbocycles. The highest BCUT2D eigenvalue weighted by atomic mass is 19.3. The van der Waals surface area contributed by atoms with Crippen molar-refractivity contribution < 1.29 is 8.78 Å². The van der Waals surface area contributed by atoms with E-state index in [2.05, 4.69) is 10.5 Å². The van der Waals surface area contributed by atoms with Gasteiger partial charge in [0.25, 0.3) is 0 Å². The molecule has 0 unspecified atom stereocenters. The highest BCUT2D eigenvalue weighted by Crippen LogP contribution is 2.24. The number of aromatic nitrogens is 2. The third-order valence-electron chi connectivity index (χ3n) is 3.13. The SMILES string of the molecule is CC(C)n1c(=O)n(C(F)F)c2cc(NN=C(C#N)C#N)ccc21. The van der Waals surface area contributed by atoms with Crippen LogP contribution in [0.2, 0.25) is 0 Å². The van der Waals surface area contributed by atoms with Crippen LogP contribution in [-0.2, 0) is 0 Å². The Bertz CT molecular complexity index is 894. The fourth-order valence-electron chi connectivity index (χ4n) is 2.19. The van der Waals surface area contributed by atoms with Gasteiger partial charge in [-0.15, -0.1) is 0 Å². The number of alkyl halides is 2. The third kappa shape index (κ3) is 2.90. The zero-order chi connectivity index (χ0) is 17.1. The van der Waals surface area contributed by atoms with E-state index in [0.717, 1.165) is 0 Å². The Morgan fingerprint density at radius 1 is 1.22 bits per heavy atom. The van der Waals surface area contributed by atoms with E-state index in [1.54, 1.807) is 26.0 Å². The Morgan fingerprint density at radius 3 is 2.39 bits per heavy atom. The van der Waals surface area contributed by atoms with E-state index in [-0.39, 0.29) is 17.2 Å². The van der Waals surface area contributed by atoms with Crippen molar-refractivity contribution in [1.82, 2.24) is 9.13 Å². The van der Waals surface area contributed by atoms with Crippen molar-refractivity contribution in [2.75, 3.05) is 5.43 Å². The summed E-state index contributed by atoms with van der Waals surface area (Å²) in [6.07, 6.45) is 0. The first-order valence-electron chi connectivity index (χ1n) is 6.59. The molecule has 23 heavy (non-hydrogen) atoms. The summed E-state index contributed by atoms with van der Waals surface area (Å²) in [6, 6.07) is 7.18. The van der Waals surface area contributed by atoms with Gasteiger partial charge in [-0.3, -0.25) is 9.99 Å². The first kappa shape index (κ1) is 16.2. The highest BCUT2D eigenvalue weighted by Gasteiger charge is 2.20. The van der Waals surface area contributed by atoms with E-state index in [4.69, 9.17) is 10.5 Å². The molecule has 0 spiro atoms. The van der Waals surface area contributed by atoms with Crippen LogP contribution in [0, 0.1) is 22.7 Å². The molecular formula is C14H12F2N6O. The minimum Gasteiger partial charge on any atom is -0.289 e. The maximum Gasteiger partial charge on any atom is 0.333 e. The van der Waals surface area contributed by atoms with Crippen LogP contribution in [0.15, 0.2) is 28.1 Å². The van der Waals surface area contributed by atoms with E-state index in [9.17, 15) is 13.6 Å². The minimum atomic E-state index is -2.99. The van der Waals surface area contributed by atoms with Gasteiger partial charge in [-0.05, 0) is 32.0 Å². The lowest BCUT2D eigenvalue weighted by Crippen LogP contribution is -2.25. The van der Waals surface area contributed by atoms with Crippen molar-refractivity contribution in [2.24, 2.45) is 5.10 Å². The molecule has 0 aliphatic heterocycles. The molecule has 1 heterocycles. The van der Waals surface area contributed by atoms with Crippen molar-refractivity contribution in [2.45, 2.75) is 26.4 Å². The van der Waals surface area contributed by atoms with E-state index in [1.807, 2.05) is 0 Å². The molecule has 0 bridgehead atoms. The van der Waals surface area contributed by atoms with E-state index >= 15 is 0 Å². The second-order valence-electron chi connectivity index (χ2n) is 4.89. The molecule has 1 N–H and O–H groups in total. The summed E-state index contributed by atoms with van der Waals surface area (Å²) in [6.45, 7) is 0.454. The number of rotatable bonds is 4. The smallest absolute Gasteiger partial charge is 0.289 e. The predicted molar refractivity (Wildman–Crippen MR) is 80.1 cm³/mol. The standard InChI is InChI=1S/C14H12F2N6O/c1-8(2)21-11-4-3-9(19-20-10(6-17)7-18)5-12(11)22(13(15)16)14(21)23/h3-5,8,13,19H,1-2H3. The minimum absolute atomic E-state index is 0.0364. The summed E-state index contributed by atoms with van der Waals surface area (Å²) in [7, 11) is 0. The lowest BCUT2D eigenvalue weighted by molar-refractivity contribution is 0.0701. The Balaban J connectivity index is 2.62. The van der Waals surface area contributed by atoms with Crippen molar-refractivity contribution in [3.8, 4) is 12.1 Å². The van der Waals surface area contributed by atoms with Gasteiger partial charge in [-0.1, -0.05) is 0 Å². The number of anilines is 1. The number of nitriles is 2. The van der Waals surface area contributed by atoms with Gasteiger partial charge in [-0.2, -0.15) is 24.4 Å². The number of nitrogens with one attached hydrogen (secondary N) is 1. The third-order valence-corrected chi connectivity index (χ3v) is 3.13. The quantitative estimate of drug-likeness (QED) is 0.692. The van der Waals surface area contributed by atoms with Crippen LogP contribution in [0.5, 0.6) is 0 Å². The average Bonchev–Trinajstić information content (AvgIpc) is 2.79. The summed E-state index contributed by atoms with van der Waals surface area (Å²) >= 11 is 0. The molecule has 0 radical (unpaired) electrons. The number of benzene rings is 1. The molecular weight excluding hydrogens is 306 g/mol. The van der Waals surface area contributed by atoms with Crippen molar-refractivity contribution in [3.05, 3.63) is 28.7 Å². The number of halogens is 2. The Morgan fingerprint density at radius 2 is 1.87 bits per heavy atom. The van der Waals surface area contributed by atoms with Gasteiger partial charge in [0.15, 0.2) is 0 Å². The summed E-state index contributed by atoms with van der Waals surface area (Å²) < 4.78 is 28.1. The van der Waals surface area contributed by atoms with Gasteiger partial charge in [0.1, 0.15) is 12.1 Å². The zero-order valence-electron chi connectivity index (χ0n) is 12.3. The van der Waals surface area contributed by atoms with Crippen molar-refractivity contribution in [3.63, 3.8) is 0 Å². The molecule has 0 fully saturated rings. The molecule has 0 saturated heterocycles.